The molecule has 0 atom stereocenters. The van der Waals surface area contributed by atoms with Crippen LogP contribution in [-0.2, 0) is 9.59 Å². The van der Waals surface area contributed by atoms with Gasteiger partial charge in [-0.2, -0.15) is 0 Å². The molecule has 0 aliphatic carbocycles. The van der Waals surface area contributed by atoms with E-state index in [1.165, 1.54) is 0 Å². The number of ether oxygens (including phenoxy) is 2. The number of nitrogens with one attached hydrogen (secondary N) is 1. The van der Waals surface area contributed by atoms with Gasteiger partial charge < -0.3 is 24.6 Å². The number of nitrogens with zero attached hydrogens (tertiary/aromatic N) is 2. The smallest absolute Gasteiger partial charge is 0.233 e. The largest absolute Gasteiger partial charge is 0.497 e. The monoisotopic (exact) mass is 397 g/mol. The van der Waals surface area contributed by atoms with Crippen LogP contribution in [0.1, 0.15) is 12.0 Å². The van der Waals surface area contributed by atoms with E-state index in [2.05, 4.69) is 10.2 Å². The number of carbonyl (C=O) groups excluding carboxylic acids is 2. The van der Waals surface area contributed by atoms with Gasteiger partial charge in [0.15, 0.2) is 0 Å². The first-order valence-corrected chi connectivity index (χ1v) is 9.61. The molecular weight excluding hydrogens is 370 g/mol. The van der Waals surface area contributed by atoms with E-state index in [1.807, 2.05) is 43.3 Å². The molecule has 2 aromatic rings. The lowest BCUT2D eigenvalue weighted by molar-refractivity contribution is -0.134. The van der Waals surface area contributed by atoms with Crippen LogP contribution in [0.15, 0.2) is 42.5 Å². The summed E-state index contributed by atoms with van der Waals surface area (Å²) >= 11 is 0. The summed E-state index contributed by atoms with van der Waals surface area (Å²) in [4.78, 5) is 28.9. The van der Waals surface area contributed by atoms with E-state index in [9.17, 15) is 9.59 Å². The molecular formula is C22H27N3O4. The topological polar surface area (TPSA) is 71.1 Å². The van der Waals surface area contributed by atoms with Crippen LogP contribution in [0.25, 0.3) is 0 Å². The Bertz CT molecular complexity index is 859. The van der Waals surface area contributed by atoms with E-state index in [0.717, 1.165) is 30.1 Å². The van der Waals surface area contributed by atoms with Crippen LogP contribution in [0, 0.1) is 6.92 Å². The third kappa shape index (κ3) is 5.19. The third-order valence-electron chi connectivity index (χ3n) is 5.01. The number of hydrogen-bond donors (Lipinski definition) is 1. The summed E-state index contributed by atoms with van der Waals surface area (Å²) in [7, 11) is 3.19. The van der Waals surface area contributed by atoms with Crippen molar-refractivity contribution in [3.8, 4) is 11.5 Å². The van der Waals surface area contributed by atoms with Crippen LogP contribution in [-0.4, -0.2) is 57.1 Å². The van der Waals surface area contributed by atoms with Crippen LogP contribution >= 0.6 is 0 Å². The first-order chi connectivity index (χ1) is 14.0. The minimum atomic E-state index is -0.337. The van der Waals surface area contributed by atoms with E-state index in [0.29, 0.717) is 24.5 Å². The van der Waals surface area contributed by atoms with Gasteiger partial charge in [-0.1, -0.05) is 6.07 Å². The second-order valence-corrected chi connectivity index (χ2v) is 6.99. The van der Waals surface area contributed by atoms with E-state index >= 15 is 0 Å². The zero-order valence-electron chi connectivity index (χ0n) is 17.1. The maximum absolute atomic E-state index is 12.5. The average molecular weight is 397 g/mol. The molecule has 1 heterocycles. The van der Waals surface area contributed by atoms with Gasteiger partial charge in [0.2, 0.25) is 11.8 Å². The highest BCUT2D eigenvalue weighted by molar-refractivity contribution is 6.04. The van der Waals surface area contributed by atoms with Crippen molar-refractivity contribution in [3.05, 3.63) is 48.0 Å². The standard InChI is InChI=1S/C22H27N3O4/c1-16-4-9-20(29-3)19(14-16)23-21(26)15-22(27)25-12-10-24(11-13-25)17-5-7-18(28-2)8-6-17/h4-9,14H,10-13,15H2,1-3H3,(H,23,26). The van der Waals surface area contributed by atoms with Gasteiger partial charge in [0.1, 0.15) is 17.9 Å². The van der Waals surface area contributed by atoms with Crippen LogP contribution in [0.3, 0.4) is 0 Å². The maximum atomic E-state index is 12.5. The van der Waals surface area contributed by atoms with Crippen molar-refractivity contribution in [2.45, 2.75) is 13.3 Å². The Morgan fingerprint density at radius 2 is 1.66 bits per heavy atom. The van der Waals surface area contributed by atoms with E-state index in [4.69, 9.17) is 9.47 Å². The van der Waals surface area contributed by atoms with Crippen molar-refractivity contribution in [2.24, 2.45) is 0 Å². The number of benzene rings is 2. The number of carbonyl (C=O) groups is 2. The molecule has 0 aromatic heterocycles. The Morgan fingerprint density at radius 1 is 0.966 bits per heavy atom. The molecule has 0 saturated carbocycles. The van der Waals surface area contributed by atoms with E-state index in [1.54, 1.807) is 25.2 Å². The fraction of sp³-hybridized carbons (Fsp3) is 0.364. The van der Waals surface area contributed by atoms with Gasteiger partial charge >= 0.3 is 0 Å². The van der Waals surface area contributed by atoms with Crippen molar-refractivity contribution in [1.29, 1.82) is 0 Å². The van der Waals surface area contributed by atoms with Crippen molar-refractivity contribution in [2.75, 3.05) is 50.6 Å². The number of rotatable bonds is 6. The quantitative estimate of drug-likeness (QED) is 0.759. The zero-order valence-corrected chi connectivity index (χ0v) is 17.1. The Kier molecular flexibility index (Phi) is 6.59. The molecule has 0 radical (unpaired) electrons. The molecule has 29 heavy (non-hydrogen) atoms. The molecule has 3 rings (SSSR count). The lowest BCUT2D eigenvalue weighted by Gasteiger charge is -2.36. The van der Waals surface area contributed by atoms with Crippen LogP contribution in [0.5, 0.6) is 11.5 Å². The fourth-order valence-electron chi connectivity index (χ4n) is 3.37. The molecule has 1 saturated heterocycles. The lowest BCUT2D eigenvalue weighted by atomic mass is 10.2. The molecule has 0 unspecified atom stereocenters. The fourth-order valence-corrected chi connectivity index (χ4v) is 3.37. The predicted octanol–water partition coefficient (Wildman–Crippen LogP) is 2.69. The molecule has 1 aliphatic heterocycles. The van der Waals surface area contributed by atoms with Gasteiger partial charge in [-0.05, 0) is 48.9 Å². The molecule has 1 N–H and O–H groups in total. The summed E-state index contributed by atoms with van der Waals surface area (Å²) in [5.41, 5.74) is 2.68. The molecule has 1 aliphatic rings. The molecule has 0 bridgehead atoms. The highest BCUT2D eigenvalue weighted by Gasteiger charge is 2.23. The first-order valence-electron chi connectivity index (χ1n) is 9.61. The molecule has 7 heteroatoms. The maximum Gasteiger partial charge on any atom is 0.233 e. The van der Waals surface area contributed by atoms with Gasteiger partial charge in [0, 0.05) is 31.9 Å². The highest BCUT2D eigenvalue weighted by atomic mass is 16.5. The number of anilines is 2. The summed E-state index contributed by atoms with van der Waals surface area (Å²) in [5, 5.41) is 2.78. The summed E-state index contributed by atoms with van der Waals surface area (Å²) < 4.78 is 10.5. The number of methoxy groups -OCH3 is 2. The number of aryl methyl sites for hydroxylation is 1. The summed E-state index contributed by atoms with van der Waals surface area (Å²) in [5.74, 6) is 0.892. The molecule has 154 valence electrons. The number of amides is 2. The normalized spacial score (nSPS) is 13.8. The van der Waals surface area contributed by atoms with Crippen molar-refractivity contribution in [1.82, 2.24) is 4.90 Å². The Labute approximate surface area is 171 Å². The van der Waals surface area contributed by atoms with Gasteiger partial charge in [-0.3, -0.25) is 9.59 Å². The summed E-state index contributed by atoms with van der Waals surface area (Å²) in [6, 6.07) is 13.4. The van der Waals surface area contributed by atoms with Crippen molar-refractivity contribution >= 4 is 23.2 Å². The minimum Gasteiger partial charge on any atom is -0.497 e. The predicted molar refractivity (Wildman–Crippen MR) is 113 cm³/mol. The molecule has 2 amide bonds. The molecule has 0 spiro atoms. The van der Waals surface area contributed by atoms with Crippen molar-refractivity contribution in [3.63, 3.8) is 0 Å². The Morgan fingerprint density at radius 3 is 2.28 bits per heavy atom. The van der Waals surface area contributed by atoms with Gasteiger partial charge in [-0.25, -0.2) is 0 Å². The number of piperazine rings is 1. The summed E-state index contributed by atoms with van der Waals surface area (Å²) in [6.45, 7) is 4.57. The average Bonchev–Trinajstić information content (AvgIpc) is 2.74. The van der Waals surface area contributed by atoms with Gasteiger partial charge in [0.05, 0.1) is 19.9 Å². The molecule has 7 nitrogen and oxygen atoms in total. The molecule has 1 fully saturated rings. The van der Waals surface area contributed by atoms with Crippen LogP contribution < -0.4 is 19.7 Å². The lowest BCUT2D eigenvalue weighted by Crippen LogP contribution is -2.49. The Balaban J connectivity index is 1.51. The first kappa shape index (κ1) is 20.5. The van der Waals surface area contributed by atoms with Crippen molar-refractivity contribution < 1.29 is 19.1 Å². The second kappa shape index (κ2) is 9.32. The SMILES string of the molecule is COc1ccc(N2CCN(C(=O)CC(=O)Nc3cc(C)ccc3OC)CC2)cc1. The minimum absolute atomic E-state index is 0.163. The van der Waals surface area contributed by atoms with Gasteiger partial charge in [-0.15, -0.1) is 0 Å². The highest BCUT2D eigenvalue weighted by Crippen LogP contribution is 2.25. The van der Waals surface area contributed by atoms with Gasteiger partial charge in [0.25, 0.3) is 0 Å². The zero-order chi connectivity index (χ0) is 20.8. The number of hydrogen-bond acceptors (Lipinski definition) is 5. The van der Waals surface area contributed by atoms with Crippen LogP contribution in [0.4, 0.5) is 11.4 Å². The third-order valence-corrected chi connectivity index (χ3v) is 5.01. The summed E-state index contributed by atoms with van der Waals surface area (Å²) in [6.07, 6.45) is -0.181. The van der Waals surface area contributed by atoms with Crippen LogP contribution in [0.2, 0.25) is 0 Å². The Hall–Kier alpha value is -3.22. The van der Waals surface area contributed by atoms with E-state index < -0.39 is 0 Å². The second-order valence-electron chi connectivity index (χ2n) is 6.99. The molecule has 2 aromatic carbocycles. The van der Waals surface area contributed by atoms with E-state index in [-0.39, 0.29) is 18.2 Å².